The van der Waals surface area contributed by atoms with Crippen molar-refractivity contribution >= 4 is 0 Å². The Labute approximate surface area is 103 Å². The van der Waals surface area contributed by atoms with E-state index in [0.717, 1.165) is 17.9 Å². The van der Waals surface area contributed by atoms with E-state index in [9.17, 15) is 0 Å². The maximum Gasteiger partial charge on any atom is 0.161 e. The molecule has 0 aliphatic carbocycles. The van der Waals surface area contributed by atoms with Gasteiger partial charge in [-0.25, -0.2) is 0 Å². The van der Waals surface area contributed by atoms with Crippen molar-refractivity contribution in [3.63, 3.8) is 0 Å². The molecule has 4 heteroatoms. The van der Waals surface area contributed by atoms with E-state index in [1.165, 1.54) is 0 Å². The van der Waals surface area contributed by atoms with Crippen LogP contribution in [0.1, 0.15) is 13.3 Å². The van der Waals surface area contributed by atoms with Gasteiger partial charge in [0.15, 0.2) is 11.5 Å². The number of ether oxygens (including phenoxy) is 2. The van der Waals surface area contributed by atoms with Gasteiger partial charge in [-0.05, 0) is 32.5 Å². The third kappa shape index (κ3) is 4.63. The van der Waals surface area contributed by atoms with Crippen LogP contribution in [0.4, 0.5) is 0 Å². The topological polar surface area (TPSA) is 50.7 Å². The number of aliphatic hydroxyl groups is 1. The van der Waals surface area contributed by atoms with Crippen molar-refractivity contribution in [2.45, 2.75) is 19.4 Å². The van der Waals surface area contributed by atoms with Gasteiger partial charge in [0.05, 0.1) is 19.8 Å². The van der Waals surface area contributed by atoms with Crippen LogP contribution in [0, 0.1) is 0 Å². The van der Waals surface area contributed by atoms with Crippen LogP contribution in [0.25, 0.3) is 0 Å². The number of hydrogen-bond acceptors (Lipinski definition) is 4. The van der Waals surface area contributed by atoms with Crippen LogP contribution < -0.4 is 14.8 Å². The first-order valence-corrected chi connectivity index (χ1v) is 5.94. The Kier molecular flexibility index (Phi) is 6.43. The second-order valence-electron chi connectivity index (χ2n) is 3.69. The average molecular weight is 239 g/mol. The average Bonchev–Trinajstić information content (AvgIpc) is 2.37. The standard InChI is InChI=1S/C13H21NO3/c1-3-16-12-6-4-5-7-13(12)17-9-8-11(10-15)14-2/h4-7,11,14-15H,3,8-10H2,1-2H3. The molecule has 0 aliphatic rings. The highest BCUT2D eigenvalue weighted by atomic mass is 16.5. The van der Waals surface area contributed by atoms with Crippen molar-refractivity contribution in [1.82, 2.24) is 5.32 Å². The molecular weight excluding hydrogens is 218 g/mol. The van der Waals surface area contributed by atoms with Crippen LogP contribution in [0.15, 0.2) is 24.3 Å². The molecule has 0 fully saturated rings. The van der Waals surface area contributed by atoms with E-state index in [2.05, 4.69) is 5.32 Å². The zero-order valence-corrected chi connectivity index (χ0v) is 10.5. The summed E-state index contributed by atoms with van der Waals surface area (Å²) in [5.74, 6) is 1.52. The smallest absolute Gasteiger partial charge is 0.161 e. The van der Waals surface area contributed by atoms with Gasteiger partial charge in [0.1, 0.15) is 0 Å². The molecule has 96 valence electrons. The van der Waals surface area contributed by atoms with Crippen molar-refractivity contribution in [2.24, 2.45) is 0 Å². The minimum atomic E-state index is 0.0780. The monoisotopic (exact) mass is 239 g/mol. The number of benzene rings is 1. The van der Waals surface area contributed by atoms with Crippen LogP contribution in [-0.2, 0) is 0 Å². The molecule has 0 heterocycles. The Bertz CT molecular complexity index is 313. The summed E-state index contributed by atoms with van der Waals surface area (Å²) < 4.78 is 11.1. The number of rotatable bonds is 8. The molecule has 0 saturated carbocycles. The van der Waals surface area contributed by atoms with E-state index in [1.807, 2.05) is 38.2 Å². The lowest BCUT2D eigenvalue weighted by atomic mass is 10.2. The molecule has 1 unspecified atom stereocenters. The summed E-state index contributed by atoms with van der Waals surface area (Å²) in [5, 5.41) is 12.0. The number of hydrogen-bond donors (Lipinski definition) is 2. The molecule has 0 saturated heterocycles. The second kappa shape index (κ2) is 7.92. The molecular formula is C13H21NO3. The van der Waals surface area contributed by atoms with Gasteiger partial charge in [-0.15, -0.1) is 0 Å². The van der Waals surface area contributed by atoms with Gasteiger partial charge >= 0.3 is 0 Å². The first-order valence-electron chi connectivity index (χ1n) is 5.94. The lowest BCUT2D eigenvalue weighted by molar-refractivity contribution is 0.209. The number of nitrogens with one attached hydrogen (secondary N) is 1. The van der Waals surface area contributed by atoms with E-state index in [0.29, 0.717) is 13.2 Å². The Morgan fingerprint density at radius 3 is 2.41 bits per heavy atom. The predicted octanol–water partition coefficient (Wildman–Crippen LogP) is 1.43. The van der Waals surface area contributed by atoms with Crippen LogP contribution in [0.5, 0.6) is 11.5 Å². The SMILES string of the molecule is CCOc1ccccc1OCCC(CO)NC. The largest absolute Gasteiger partial charge is 0.490 e. The Morgan fingerprint density at radius 2 is 1.88 bits per heavy atom. The van der Waals surface area contributed by atoms with Crippen molar-refractivity contribution < 1.29 is 14.6 Å². The first-order chi connectivity index (χ1) is 8.31. The molecule has 1 atom stereocenters. The van der Waals surface area contributed by atoms with Crippen molar-refractivity contribution in [1.29, 1.82) is 0 Å². The Balaban J connectivity index is 2.45. The van der Waals surface area contributed by atoms with E-state index in [4.69, 9.17) is 14.6 Å². The maximum absolute atomic E-state index is 9.02. The highest BCUT2D eigenvalue weighted by Gasteiger charge is 2.06. The van der Waals surface area contributed by atoms with Gasteiger partial charge in [0, 0.05) is 6.04 Å². The Hall–Kier alpha value is -1.26. The fraction of sp³-hybridized carbons (Fsp3) is 0.538. The summed E-state index contributed by atoms with van der Waals surface area (Å²) in [6.45, 7) is 3.23. The number of para-hydroxylation sites is 2. The van der Waals surface area contributed by atoms with E-state index < -0.39 is 0 Å². The zero-order chi connectivity index (χ0) is 12.5. The summed E-state index contributed by atoms with van der Waals surface area (Å²) in [4.78, 5) is 0. The summed E-state index contributed by atoms with van der Waals surface area (Å²) >= 11 is 0. The molecule has 0 amide bonds. The molecule has 0 spiro atoms. The fourth-order valence-electron chi connectivity index (χ4n) is 1.48. The molecule has 1 rings (SSSR count). The first kappa shape index (κ1) is 13.8. The lowest BCUT2D eigenvalue weighted by Gasteiger charge is -2.15. The van der Waals surface area contributed by atoms with Gasteiger partial charge in [0.2, 0.25) is 0 Å². The van der Waals surface area contributed by atoms with E-state index >= 15 is 0 Å². The minimum Gasteiger partial charge on any atom is -0.490 e. The number of likely N-dealkylation sites (N-methyl/N-ethyl adjacent to an activating group) is 1. The third-order valence-electron chi connectivity index (χ3n) is 2.50. The second-order valence-corrected chi connectivity index (χ2v) is 3.69. The fourth-order valence-corrected chi connectivity index (χ4v) is 1.48. The van der Waals surface area contributed by atoms with Crippen LogP contribution in [0.3, 0.4) is 0 Å². The van der Waals surface area contributed by atoms with Gasteiger partial charge in [-0.1, -0.05) is 12.1 Å². The summed E-state index contributed by atoms with van der Waals surface area (Å²) in [6, 6.07) is 7.69. The van der Waals surface area contributed by atoms with E-state index in [1.54, 1.807) is 0 Å². The Morgan fingerprint density at radius 1 is 1.24 bits per heavy atom. The summed E-state index contributed by atoms with van der Waals surface area (Å²) in [6.07, 6.45) is 0.757. The number of aliphatic hydroxyl groups excluding tert-OH is 1. The minimum absolute atomic E-state index is 0.0780. The van der Waals surface area contributed by atoms with Gasteiger partial charge in [-0.2, -0.15) is 0 Å². The molecule has 1 aromatic carbocycles. The highest BCUT2D eigenvalue weighted by Crippen LogP contribution is 2.26. The summed E-state index contributed by atoms with van der Waals surface area (Å²) in [7, 11) is 1.83. The lowest BCUT2D eigenvalue weighted by Crippen LogP contribution is -2.30. The maximum atomic E-state index is 9.02. The predicted molar refractivity (Wildman–Crippen MR) is 67.7 cm³/mol. The highest BCUT2D eigenvalue weighted by molar-refractivity contribution is 5.39. The molecule has 1 aromatic rings. The van der Waals surface area contributed by atoms with Crippen molar-refractivity contribution in [3.8, 4) is 11.5 Å². The van der Waals surface area contributed by atoms with Gasteiger partial charge < -0.3 is 19.9 Å². The zero-order valence-electron chi connectivity index (χ0n) is 10.5. The quantitative estimate of drug-likeness (QED) is 0.720. The molecule has 17 heavy (non-hydrogen) atoms. The van der Waals surface area contributed by atoms with Gasteiger partial charge in [0.25, 0.3) is 0 Å². The van der Waals surface area contributed by atoms with Gasteiger partial charge in [-0.3, -0.25) is 0 Å². The van der Waals surface area contributed by atoms with Crippen LogP contribution >= 0.6 is 0 Å². The van der Waals surface area contributed by atoms with Crippen LogP contribution in [0.2, 0.25) is 0 Å². The molecule has 0 aliphatic heterocycles. The van der Waals surface area contributed by atoms with Crippen LogP contribution in [-0.4, -0.2) is 38.0 Å². The summed E-state index contributed by atoms with van der Waals surface area (Å²) in [5.41, 5.74) is 0. The molecule has 4 nitrogen and oxygen atoms in total. The van der Waals surface area contributed by atoms with Crippen molar-refractivity contribution in [2.75, 3.05) is 26.9 Å². The van der Waals surface area contributed by atoms with Crippen molar-refractivity contribution in [3.05, 3.63) is 24.3 Å². The molecule has 0 aromatic heterocycles. The molecule has 0 radical (unpaired) electrons. The normalized spacial score (nSPS) is 12.2. The molecule has 2 N–H and O–H groups in total. The van der Waals surface area contributed by atoms with E-state index in [-0.39, 0.29) is 12.6 Å². The molecule has 0 bridgehead atoms. The third-order valence-corrected chi connectivity index (χ3v) is 2.50.